The maximum Gasteiger partial charge on any atom is 0.303 e. The first kappa shape index (κ1) is 15.0. The van der Waals surface area contributed by atoms with Crippen LogP contribution < -0.4 is 10.6 Å². The van der Waals surface area contributed by atoms with Gasteiger partial charge in [-0.2, -0.15) is 0 Å². The van der Waals surface area contributed by atoms with Gasteiger partial charge in [0, 0.05) is 25.1 Å². The minimum atomic E-state index is -0.799. The molecule has 0 radical (unpaired) electrons. The van der Waals surface area contributed by atoms with Crippen molar-refractivity contribution in [1.29, 1.82) is 0 Å². The van der Waals surface area contributed by atoms with Crippen LogP contribution >= 0.6 is 0 Å². The van der Waals surface area contributed by atoms with Crippen molar-refractivity contribution >= 4 is 23.5 Å². The number of nitrogens with zero attached hydrogens (tertiary/aromatic N) is 1. The summed E-state index contributed by atoms with van der Waals surface area (Å²) in [6.45, 7) is 0.326. The summed E-state index contributed by atoms with van der Waals surface area (Å²) in [7, 11) is 0. The SMILES string of the molecule is NC(=O)C1CC(=O)N(c2ccc(CCCC(=O)O)cc2)C1. The Morgan fingerprint density at radius 1 is 1.29 bits per heavy atom. The number of aryl methyl sites for hydroxylation is 1. The Morgan fingerprint density at radius 3 is 2.48 bits per heavy atom. The van der Waals surface area contributed by atoms with Gasteiger partial charge in [0.15, 0.2) is 0 Å². The second kappa shape index (κ2) is 6.39. The standard InChI is InChI=1S/C15H18N2O4/c16-15(21)11-8-13(18)17(9-11)12-6-4-10(5-7-12)2-1-3-14(19)20/h4-7,11H,1-3,8-9H2,(H2,16,21)(H,19,20). The van der Waals surface area contributed by atoms with E-state index in [9.17, 15) is 14.4 Å². The first-order chi connectivity index (χ1) is 9.97. The molecule has 6 nitrogen and oxygen atoms in total. The zero-order valence-corrected chi connectivity index (χ0v) is 11.6. The molecule has 0 aliphatic carbocycles. The zero-order chi connectivity index (χ0) is 15.4. The van der Waals surface area contributed by atoms with Crippen molar-refractivity contribution in [3.63, 3.8) is 0 Å². The predicted octanol–water partition coefficient (Wildman–Crippen LogP) is 0.932. The van der Waals surface area contributed by atoms with Crippen LogP contribution in [0.25, 0.3) is 0 Å². The van der Waals surface area contributed by atoms with Crippen LogP contribution in [0.2, 0.25) is 0 Å². The summed E-state index contributed by atoms with van der Waals surface area (Å²) < 4.78 is 0. The third-order valence-corrected chi connectivity index (χ3v) is 3.63. The summed E-state index contributed by atoms with van der Waals surface area (Å²) in [6.07, 6.45) is 1.58. The highest BCUT2D eigenvalue weighted by Gasteiger charge is 2.33. The topological polar surface area (TPSA) is 101 Å². The quantitative estimate of drug-likeness (QED) is 0.813. The molecule has 112 valence electrons. The van der Waals surface area contributed by atoms with Crippen LogP contribution in [0.1, 0.15) is 24.8 Å². The lowest BCUT2D eigenvalue weighted by molar-refractivity contribution is -0.137. The van der Waals surface area contributed by atoms with Crippen LogP contribution in [0.4, 0.5) is 5.69 Å². The molecule has 2 rings (SSSR count). The van der Waals surface area contributed by atoms with Crippen LogP contribution in [-0.4, -0.2) is 29.4 Å². The molecule has 21 heavy (non-hydrogen) atoms. The van der Waals surface area contributed by atoms with E-state index in [0.717, 1.165) is 11.3 Å². The molecular weight excluding hydrogens is 272 g/mol. The molecule has 1 aliphatic heterocycles. The lowest BCUT2D eigenvalue weighted by atomic mass is 10.1. The molecule has 1 fully saturated rings. The van der Waals surface area contributed by atoms with Crippen molar-refractivity contribution in [2.45, 2.75) is 25.7 Å². The summed E-state index contributed by atoms with van der Waals surface area (Å²) in [4.78, 5) is 35.0. The molecule has 1 aromatic carbocycles. The Hall–Kier alpha value is -2.37. The number of carbonyl (C=O) groups excluding carboxylic acids is 2. The number of nitrogens with two attached hydrogens (primary N) is 1. The highest BCUT2D eigenvalue weighted by atomic mass is 16.4. The maximum atomic E-state index is 11.9. The van der Waals surface area contributed by atoms with E-state index >= 15 is 0 Å². The minimum absolute atomic E-state index is 0.0996. The average Bonchev–Trinajstić information content (AvgIpc) is 2.81. The first-order valence-electron chi connectivity index (χ1n) is 6.88. The Bertz CT molecular complexity index is 553. The molecule has 0 spiro atoms. The number of carbonyl (C=O) groups is 3. The first-order valence-corrected chi connectivity index (χ1v) is 6.88. The molecular formula is C15H18N2O4. The van der Waals surface area contributed by atoms with Gasteiger partial charge in [0.1, 0.15) is 0 Å². The predicted molar refractivity (Wildman–Crippen MR) is 76.7 cm³/mol. The third kappa shape index (κ3) is 3.81. The Morgan fingerprint density at radius 2 is 1.95 bits per heavy atom. The number of hydrogen-bond donors (Lipinski definition) is 2. The van der Waals surface area contributed by atoms with Gasteiger partial charge >= 0.3 is 5.97 Å². The monoisotopic (exact) mass is 290 g/mol. The van der Waals surface area contributed by atoms with Crippen LogP contribution in [-0.2, 0) is 20.8 Å². The lowest BCUT2D eigenvalue weighted by Crippen LogP contribution is -2.28. The van der Waals surface area contributed by atoms with Gasteiger partial charge in [-0.25, -0.2) is 0 Å². The van der Waals surface area contributed by atoms with Crippen molar-refractivity contribution < 1.29 is 19.5 Å². The number of carboxylic acids is 1. The second-order valence-electron chi connectivity index (χ2n) is 5.22. The highest BCUT2D eigenvalue weighted by Crippen LogP contribution is 2.25. The smallest absolute Gasteiger partial charge is 0.303 e. The summed E-state index contributed by atoms with van der Waals surface area (Å²) in [5, 5.41) is 8.60. The highest BCUT2D eigenvalue weighted by molar-refractivity contribution is 6.00. The number of amides is 2. The molecule has 1 aliphatic rings. The van der Waals surface area contributed by atoms with Crippen molar-refractivity contribution in [1.82, 2.24) is 0 Å². The Labute approximate surface area is 122 Å². The van der Waals surface area contributed by atoms with E-state index in [1.165, 1.54) is 0 Å². The van der Waals surface area contributed by atoms with E-state index in [-0.39, 0.29) is 18.7 Å². The molecule has 1 heterocycles. The number of rotatable bonds is 6. The van der Waals surface area contributed by atoms with Gasteiger partial charge in [-0.1, -0.05) is 12.1 Å². The Balaban J connectivity index is 1.97. The third-order valence-electron chi connectivity index (χ3n) is 3.63. The van der Waals surface area contributed by atoms with E-state index in [4.69, 9.17) is 10.8 Å². The van der Waals surface area contributed by atoms with Gasteiger partial charge in [-0.15, -0.1) is 0 Å². The van der Waals surface area contributed by atoms with Gasteiger partial charge in [0.05, 0.1) is 5.92 Å². The molecule has 0 bridgehead atoms. The number of primary amides is 1. The maximum absolute atomic E-state index is 11.9. The summed E-state index contributed by atoms with van der Waals surface area (Å²) >= 11 is 0. The molecule has 6 heteroatoms. The molecule has 0 aromatic heterocycles. The minimum Gasteiger partial charge on any atom is -0.481 e. The Kier molecular flexibility index (Phi) is 4.57. The van der Waals surface area contributed by atoms with Crippen molar-refractivity contribution in [2.24, 2.45) is 11.7 Å². The second-order valence-corrected chi connectivity index (χ2v) is 5.22. The molecule has 1 aromatic rings. The molecule has 2 amide bonds. The number of benzene rings is 1. The number of carboxylic acid groups (broad SMARTS) is 1. The molecule has 3 N–H and O–H groups in total. The van der Waals surface area contributed by atoms with Gasteiger partial charge in [0.25, 0.3) is 0 Å². The number of hydrogen-bond acceptors (Lipinski definition) is 3. The summed E-state index contributed by atoms with van der Waals surface area (Å²) in [5.74, 6) is -1.77. The van der Waals surface area contributed by atoms with Crippen molar-refractivity contribution in [2.75, 3.05) is 11.4 Å². The van der Waals surface area contributed by atoms with Crippen molar-refractivity contribution in [3.05, 3.63) is 29.8 Å². The van der Waals surface area contributed by atoms with E-state index < -0.39 is 17.8 Å². The van der Waals surface area contributed by atoms with Gasteiger partial charge < -0.3 is 15.7 Å². The largest absolute Gasteiger partial charge is 0.481 e. The van der Waals surface area contributed by atoms with E-state index in [1.54, 1.807) is 4.90 Å². The normalized spacial score (nSPS) is 18.0. The molecule has 1 atom stereocenters. The molecule has 0 saturated carbocycles. The average molecular weight is 290 g/mol. The fourth-order valence-electron chi connectivity index (χ4n) is 2.43. The number of anilines is 1. The molecule has 1 saturated heterocycles. The van der Waals surface area contributed by atoms with E-state index in [2.05, 4.69) is 0 Å². The summed E-state index contributed by atoms with van der Waals surface area (Å²) in [6, 6.07) is 7.39. The van der Waals surface area contributed by atoms with Gasteiger partial charge in [-0.3, -0.25) is 14.4 Å². The van der Waals surface area contributed by atoms with Crippen LogP contribution in [0, 0.1) is 5.92 Å². The zero-order valence-electron chi connectivity index (χ0n) is 11.6. The van der Waals surface area contributed by atoms with Crippen LogP contribution in [0.3, 0.4) is 0 Å². The fraction of sp³-hybridized carbons (Fsp3) is 0.400. The summed E-state index contributed by atoms with van der Waals surface area (Å²) in [5.41, 5.74) is 7.01. The van der Waals surface area contributed by atoms with Gasteiger partial charge in [0.2, 0.25) is 11.8 Å². The molecule has 1 unspecified atom stereocenters. The lowest BCUT2D eigenvalue weighted by Gasteiger charge is -2.16. The van der Waals surface area contributed by atoms with E-state index in [0.29, 0.717) is 19.4 Å². The number of aliphatic carboxylic acids is 1. The fourth-order valence-corrected chi connectivity index (χ4v) is 2.43. The van der Waals surface area contributed by atoms with E-state index in [1.807, 2.05) is 24.3 Å². The van der Waals surface area contributed by atoms with Crippen LogP contribution in [0.5, 0.6) is 0 Å². The van der Waals surface area contributed by atoms with Gasteiger partial charge in [-0.05, 0) is 30.5 Å². The van der Waals surface area contributed by atoms with Crippen LogP contribution in [0.15, 0.2) is 24.3 Å². The van der Waals surface area contributed by atoms with Crippen molar-refractivity contribution in [3.8, 4) is 0 Å².